The molecule has 2 rings (SSSR count). The summed E-state index contributed by atoms with van der Waals surface area (Å²) in [5.74, 6) is -0.527. The molecule has 0 spiro atoms. The number of anilines is 1. The Balaban J connectivity index is 1.91. The summed E-state index contributed by atoms with van der Waals surface area (Å²) >= 11 is 5.81. The van der Waals surface area contributed by atoms with E-state index in [1.165, 1.54) is 6.92 Å². The van der Waals surface area contributed by atoms with Crippen molar-refractivity contribution in [1.29, 1.82) is 0 Å². The fourth-order valence-corrected chi connectivity index (χ4v) is 2.34. The van der Waals surface area contributed by atoms with Crippen LogP contribution in [0.15, 0.2) is 42.5 Å². The first kappa shape index (κ1) is 19.8. The van der Waals surface area contributed by atoms with Crippen LogP contribution in [0.5, 0.6) is 5.75 Å². The molecule has 1 amide bonds. The van der Waals surface area contributed by atoms with Gasteiger partial charge in [-0.05, 0) is 69.2 Å². The molecule has 26 heavy (non-hydrogen) atoms. The second-order valence-corrected chi connectivity index (χ2v) is 6.47. The minimum Gasteiger partial charge on any atom is -0.479 e. The lowest BCUT2D eigenvalue weighted by molar-refractivity contribution is -0.159. The van der Waals surface area contributed by atoms with Crippen molar-refractivity contribution in [1.82, 2.24) is 0 Å². The summed E-state index contributed by atoms with van der Waals surface area (Å²) in [7, 11) is 0. The summed E-state index contributed by atoms with van der Waals surface area (Å²) < 4.78 is 10.7. The minimum absolute atomic E-state index is 0.397. The molecule has 2 aromatic carbocycles. The molecule has 0 bridgehead atoms. The van der Waals surface area contributed by atoms with Crippen LogP contribution in [0, 0.1) is 13.8 Å². The zero-order chi connectivity index (χ0) is 19.3. The summed E-state index contributed by atoms with van der Waals surface area (Å²) in [5.41, 5.74) is 2.74. The summed E-state index contributed by atoms with van der Waals surface area (Å²) in [6.07, 6.45) is -1.80. The third-order valence-corrected chi connectivity index (χ3v) is 4.24. The molecule has 1 N–H and O–H groups in total. The normalized spacial score (nSPS) is 12.8. The van der Waals surface area contributed by atoms with Crippen LogP contribution in [0.3, 0.4) is 0 Å². The van der Waals surface area contributed by atoms with Crippen molar-refractivity contribution in [2.75, 3.05) is 5.32 Å². The summed E-state index contributed by atoms with van der Waals surface area (Å²) in [6.45, 7) is 6.97. The first-order valence-corrected chi connectivity index (χ1v) is 8.65. The lowest BCUT2D eigenvalue weighted by atomic mass is 10.1. The van der Waals surface area contributed by atoms with Crippen LogP contribution in [0.4, 0.5) is 5.69 Å². The average molecular weight is 376 g/mol. The summed E-state index contributed by atoms with van der Waals surface area (Å²) in [6, 6.07) is 12.3. The fraction of sp³-hybridized carbons (Fsp3) is 0.300. The number of aryl methyl sites for hydroxylation is 1. The molecule has 0 saturated carbocycles. The quantitative estimate of drug-likeness (QED) is 0.765. The van der Waals surface area contributed by atoms with Crippen molar-refractivity contribution in [2.45, 2.75) is 39.9 Å². The standard InChI is InChI=1S/C20H22ClNO4/c1-12-6-5-7-18(13(12)2)22-19(23)14(3)26-20(24)15(4)25-17-10-8-16(21)9-11-17/h5-11,14-15H,1-4H3,(H,22,23)/t14-,15+/m1/s1. The van der Waals surface area contributed by atoms with Gasteiger partial charge in [-0.25, -0.2) is 4.79 Å². The molecule has 138 valence electrons. The largest absolute Gasteiger partial charge is 0.479 e. The molecule has 0 aliphatic rings. The van der Waals surface area contributed by atoms with Crippen molar-refractivity contribution in [3.63, 3.8) is 0 Å². The van der Waals surface area contributed by atoms with Crippen LogP contribution >= 0.6 is 11.6 Å². The summed E-state index contributed by atoms with van der Waals surface area (Å²) in [5, 5.41) is 3.35. The predicted octanol–water partition coefficient (Wildman–Crippen LogP) is 4.29. The number of carbonyl (C=O) groups excluding carboxylic acids is 2. The van der Waals surface area contributed by atoms with Gasteiger partial charge >= 0.3 is 5.97 Å². The van der Waals surface area contributed by atoms with Crippen molar-refractivity contribution >= 4 is 29.2 Å². The van der Waals surface area contributed by atoms with E-state index in [1.807, 2.05) is 26.0 Å². The number of benzene rings is 2. The van der Waals surface area contributed by atoms with E-state index in [2.05, 4.69) is 5.32 Å². The van der Waals surface area contributed by atoms with Gasteiger partial charge < -0.3 is 14.8 Å². The van der Waals surface area contributed by atoms with E-state index in [0.29, 0.717) is 16.5 Å². The van der Waals surface area contributed by atoms with Gasteiger partial charge in [0.1, 0.15) is 5.75 Å². The Morgan fingerprint density at radius 2 is 1.65 bits per heavy atom. The van der Waals surface area contributed by atoms with Crippen LogP contribution in [0.25, 0.3) is 0 Å². The van der Waals surface area contributed by atoms with E-state index in [-0.39, 0.29) is 0 Å². The molecule has 0 fully saturated rings. The number of hydrogen-bond acceptors (Lipinski definition) is 4. The lowest BCUT2D eigenvalue weighted by Gasteiger charge is -2.18. The highest BCUT2D eigenvalue weighted by molar-refractivity contribution is 6.30. The molecule has 2 aromatic rings. The van der Waals surface area contributed by atoms with E-state index in [4.69, 9.17) is 21.1 Å². The van der Waals surface area contributed by atoms with Crippen molar-refractivity contribution in [2.24, 2.45) is 0 Å². The molecule has 0 saturated heterocycles. The van der Waals surface area contributed by atoms with Gasteiger partial charge in [-0.3, -0.25) is 4.79 Å². The average Bonchev–Trinajstić information content (AvgIpc) is 2.60. The second kappa shape index (κ2) is 8.72. The van der Waals surface area contributed by atoms with Gasteiger partial charge in [-0.1, -0.05) is 23.7 Å². The van der Waals surface area contributed by atoms with E-state index in [1.54, 1.807) is 37.3 Å². The van der Waals surface area contributed by atoms with Gasteiger partial charge in [-0.15, -0.1) is 0 Å². The molecular weight excluding hydrogens is 354 g/mol. The lowest BCUT2D eigenvalue weighted by Crippen LogP contribution is -2.35. The Bertz CT molecular complexity index is 789. The van der Waals surface area contributed by atoms with Crippen molar-refractivity contribution in [3.05, 3.63) is 58.6 Å². The molecule has 6 heteroatoms. The molecule has 0 aliphatic carbocycles. The Kier molecular flexibility index (Phi) is 6.64. The molecule has 0 aromatic heterocycles. The number of hydrogen-bond donors (Lipinski definition) is 1. The van der Waals surface area contributed by atoms with Gasteiger partial charge in [0.05, 0.1) is 0 Å². The number of esters is 1. The fourth-order valence-electron chi connectivity index (χ4n) is 2.21. The van der Waals surface area contributed by atoms with Gasteiger partial charge in [0.2, 0.25) is 0 Å². The zero-order valence-electron chi connectivity index (χ0n) is 15.2. The third-order valence-electron chi connectivity index (χ3n) is 3.98. The van der Waals surface area contributed by atoms with Crippen LogP contribution in [-0.4, -0.2) is 24.1 Å². The number of carbonyl (C=O) groups is 2. The van der Waals surface area contributed by atoms with E-state index in [9.17, 15) is 9.59 Å². The second-order valence-electron chi connectivity index (χ2n) is 6.03. The Labute approximate surface area is 158 Å². The Morgan fingerprint density at radius 3 is 2.31 bits per heavy atom. The molecule has 0 aliphatic heterocycles. The Hall–Kier alpha value is -2.53. The maximum absolute atomic E-state index is 12.3. The van der Waals surface area contributed by atoms with Gasteiger partial charge in [0.25, 0.3) is 5.91 Å². The molecule has 0 radical (unpaired) electrons. The van der Waals surface area contributed by atoms with E-state index < -0.39 is 24.1 Å². The summed E-state index contributed by atoms with van der Waals surface area (Å²) in [4.78, 5) is 24.4. The molecule has 2 atom stereocenters. The van der Waals surface area contributed by atoms with Crippen LogP contribution in [0.1, 0.15) is 25.0 Å². The van der Waals surface area contributed by atoms with Crippen LogP contribution in [-0.2, 0) is 14.3 Å². The number of nitrogens with one attached hydrogen (secondary N) is 1. The highest BCUT2D eigenvalue weighted by Crippen LogP contribution is 2.19. The van der Waals surface area contributed by atoms with Crippen LogP contribution in [0.2, 0.25) is 5.02 Å². The number of amides is 1. The first-order chi connectivity index (χ1) is 12.3. The highest BCUT2D eigenvalue weighted by Gasteiger charge is 2.23. The van der Waals surface area contributed by atoms with E-state index in [0.717, 1.165) is 11.1 Å². The molecule has 0 unspecified atom stereocenters. The highest BCUT2D eigenvalue weighted by atomic mass is 35.5. The SMILES string of the molecule is Cc1cccc(NC(=O)[C@@H](C)OC(=O)[C@H](C)Oc2ccc(Cl)cc2)c1C. The van der Waals surface area contributed by atoms with Gasteiger partial charge in [0.15, 0.2) is 12.2 Å². The monoisotopic (exact) mass is 375 g/mol. The predicted molar refractivity (Wildman–Crippen MR) is 102 cm³/mol. The molecule has 5 nitrogen and oxygen atoms in total. The van der Waals surface area contributed by atoms with Crippen molar-refractivity contribution < 1.29 is 19.1 Å². The molecule has 0 heterocycles. The number of halogens is 1. The first-order valence-electron chi connectivity index (χ1n) is 8.27. The maximum Gasteiger partial charge on any atom is 0.347 e. The Morgan fingerprint density at radius 1 is 1.00 bits per heavy atom. The van der Waals surface area contributed by atoms with Gasteiger partial charge in [0, 0.05) is 10.7 Å². The topological polar surface area (TPSA) is 64.6 Å². The smallest absolute Gasteiger partial charge is 0.347 e. The van der Waals surface area contributed by atoms with Crippen molar-refractivity contribution in [3.8, 4) is 5.75 Å². The van der Waals surface area contributed by atoms with Gasteiger partial charge in [-0.2, -0.15) is 0 Å². The minimum atomic E-state index is -0.946. The number of rotatable bonds is 6. The van der Waals surface area contributed by atoms with Crippen LogP contribution < -0.4 is 10.1 Å². The zero-order valence-corrected chi connectivity index (χ0v) is 16.0. The number of ether oxygens (including phenoxy) is 2. The maximum atomic E-state index is 12.3. The molecular formula is C20H22ClNO4. The van der Waals surface area contributed by atoms with E-state index >= 15 is 0 Å². The third kappa shape index (κ3) is 5.23.